The van der Waals surface area contributed by atoms with Gasteiger partial charge in [0, 0.05) is 33.1 Å². The topological polar surface area (TPSA) is 22.8 Å². The van der Waals surface area contributed by atoms with Crippen LogP contribution in [0.4, 0.5) is 0 Å². The van der Waals surface area contributed by atoms with Gasteiger partial charge in [-0.25, -0.2) is 4.98 Å². The van der Waals surface area contributed by atoms with Crippen LogP contribution in [0.5, 0.6) is 0 Å². The maximum absolute atomic E-state index is 5.20. The monoisotopic (exact) mass is 561 g/mol. The van der Waals surface area contributed by atoms with Crippen LogP contribution >= 0.6 is 0 Å². The molecule has 0 aliphatic carbocycles. The van der Waals surface area contributed by atoms with Crippen molar-refractivity contribution in [3.63, 3.8) is 0 Å². The summed E-state index contributed by atoms with van der Waals surface area (Å²) in [5, 5.41) is 4.91. The summed E-state index contributed by atoms with van der Waals surface area (Å²) in [7, 11) is 0. The zero-order chi connectivity index (χ0) is 29.0. The lowest BCUT2D eigenvalue weighted by molar-refractivity contribution is 1.11. The van der Waals surface area contributed by atoms with Gasteiger partial charge in [-0.2, -0.15) is 0 Å². The van der Waals surface area contributed by atoms with Crippen LogP contribution < -0.4 is 0 Å². The average molecular weight is 562 g/mol. The third-order valence-corrected chi connectivity index (χ3v) is 8.70. The molecular weight excluding hydrogens is 534 g/mol. The van der Waals surface area contributed by atoms with Gasteiger partial charge < -0.3 is 4.57 Å². The Labute approximate surface area is 254 Å². The van der Waals surface area contributed by atoms with E-state index in [9.17, 15) is 0 Å². The van der Waals surface area contributed by atoms with Crippen LogP contribution in [0.2, 0.25) is 0 Å². The average Bonchev–Trinajstić information content (AvgIpc) is 3.66. The van der Waals surface area contributed by atoms with E-state index in [1.165, 1.54) is 43.7 Å². The minimum Gasteiger partial charge on any atom is -0.309 e. The van der Waals surface area contributed by atoms with Crippen LogP contribution in [0.25, 0.3) is 77.5 Å². The van der Waals surface area contributed by atoms with Crippen molar-refractivity contribution in [2.75, 3.05) is 0 Å². The highest BCUT2D eigenvalue weighted by molar-refractivity contribution is 6.25. The van der Waals surface area contributed by atoms with Crippen molar-refractivity contribution >= 4 is 43.6 Å². The van der Waals surface area contributed by atoms with Crippen LogP contribution in [-0.4, -0.2) is 14.1 Å². The molecule has 9 rings (SSSR count). The van der Waals surface area contributed by atoms with Crippen molar-refractivity contribution in [2.45, 2.75) is 0 Å². The Balaban J connectivity index is 1.37. The van der Waals surface area contributed by atoms with Gasteiger partial charge in [0.05, 0.1) is 22.1 Å². The third kappa shape index (κ3) is 3.73. The number of fused-ring (bicyclic) bond motifs is 7. The van der Waals surface area contributed by atoms with E-state index >= 15 is 0 Å². The van der Waals surface area contributed by atoms with E-state index in [0.717, 1.165) is 33.8 Å². The number of benzene rings is 7. The molecule has 0 radical (unpaired) electrons. The molecule has 9 aromatic rings. The third-order valence-electron chi connectivity index (χ3n) is 8.70. The molecule has 3 heteroatoms. The van der Waals surface area contributed by atoms with Gasteiger partial charge in [0.25, 0.3) is 0 Å². The van der Waals surface area contributed by atoms with E-state index in [-0.39, 0.29) is 0 Å². The first-order valence-electron chi connectivity index (χ1n) is 15.0. The molecular formula is C41H27N3. The second-order valence-corrected chi connectivity index (χ2v) is 11.2. The van der Waals surface area contributed by atoms with Crippen molar-refractivity contribution in [3.8, 4) is 33.9 Å². The molecule has 2 heterocycles. The number of imidazole rings is 1. The number of para-hydroxylation sites is 2. The van der Waals surface area contributed by atoms with E-state index in [1.807, 2.05) is 0 Å². The molecule has 0 amide bonds. The summed E-state index contributed by atoms with van der Waals surface area (Å²) in [6.45, 7) is 0. The van der Waals surface area contributed by atoms with Gasteiger partial charge in [0.2, 0.25) is 0 Å². The van der Waals surface area contributed by atoms with Crippen LogP contribution in [0.15, 0.2) is 164 Å². The summed E-state index contributed by atoms with van der Waals surface area (Å²) < 4.78 is 4.73. The normalized spacial score (nSPS) is 11.6. The number of hydrogen-bond acceptors (Lipinski definition) is 1. The van der Waals surface area contributed by atoms with E-state index in [2.05, 4.69) is 173 Å². The van der Waals surface area contributed by atoms with Crippen molar-refractivity contribution in [3.05, 3.63) is 164 Å². The highest BCUT2D eigenvalue weighted by Crippen LogP contribution is 2.41. The summed E-state index contributed by atoms with van der Waals surface area (Å²) in [4.78, 5) is 5.20. The lowest BCUT2D eigenvalue weighted by Gasteiger charge is -2.12. The largest absolute Gasteiger partial charge is 0.309 e. The Bertz CT molecular complexity index is 2470. The highest BCUT2D eigenvalue weighted by Gasteiger charge is 2.20. The summed E-state index contributed by atoms with van der Waals surface area (Å²) in [5.74, 6) is 0.944. The van der Waals surface area contributed by atoms with E-state index in [1.54, 1.807) is 0 Å². The Morgan fingerprint density at radius 2 is 1.02 bits per heavy atom. The Morgan fingerprint density at radius 3 is 1.82 bits per heavy atom. The minimum atomic E-state index is 0.944. The van der Waals surface area contributed by atoms with Gasteiger partial charge in [0.1, 0.15) is 5.82 Å². The maximum Gasteiger partial charge on any atom is 0.145 e. The summed E-state index contributed by atoms with van der Waals surface area (Å²) in [6.07, 6.45) is 0. The molecule has 0 spiro atoms. The van der Waals surface area contributed by atoms with Gasteiger partial charge in [-0.05, 0) is 59.0 Å². The van der Waals surface area contributed by atoms with E-state index < -0.39 is 0 Å². The van der Waals surface area contributed by atoms with Gasteiger partial charge in [-0.1, -0.05) is 121 Å². The zero-order valence-corrected chi connectivity index (χ0v) is 23.9. The molecule has 0 bridgehead atoms. The molecule has 0 fully saturated rings. The summed E-state index contributed by atoms with van der Waals surface area (Å²) >= 11 is 0. The summed E-state index contributed by atoms with van der Waals surface area (Å²) in [6, 6.07) is 58.3. The fourth-order valence-electron chi connectivity index (χ4n) is 6.78. The number of rotatable bonds is 4. The van der Waals surface area contributed by atoms with Gasteiger partial charge in [-0.15, -0.1) is 0 Å². The molecule has 0 atom stereocenters. The fraction of sp³-hybridized carbons (Fsp3) is 0. The van der Waals surface area contributed by atoms with E-state index in [0.29, 0.717) is 0 Å². The molecule has 44 heavy (non-hydrogen) atoms. The van der Waals surface area contributed by atoms with Crippen molar-refractivity contribution in [1.29, 1.82) is 0 Å². The lowest BCUT2D eigenvalue weighted by atomic mass is 10.0. The first-order valence-corrected chi connectivity index (χ1v) is 15.0. The van der Waals surface area contributed by atoms with Crippen LogP contribution in [0.1, 0.15) is 0 Å². The first-order chi connectivity index (χ1) is 21.8. The standard InChI is InChI=1S/C41H27N3/c1-4-13-28(14-5-1)30-17-12-20-32(27-30)43-37-22-11-10-21-35(37)39-33-23-25-36-40(34(33)24-26-38(39)43)44(31-18-8-3-9-19-31)41(42-36)29-15-6-2-7-16-29/h1-27H. The molecule has 0 unspecified atom stereocenters. The fourth-order valence-corrected chi connectivity index (χ4v) is 6.78. The molecule has 0 saturated carbocycles. The van der Waals surface area contributed by atoms with Gasteiger partial charge in [-0.3, -0.25) is 4.57 Å². The van der Waals surface area contributed by atoms with Crippen molar-refractivity contribution < 1.29 is 0 Å². The first kappa shape index (κ1) is 24.6. The zero-order valence-electron chi connectivity index (χ0n) is 23.9. The second-order valence-electron chi connectivity index (χ2n) is 11.2. The predicted molar refractivity (Wildman–Crippen MR) is 184 cm³/mol. The van der Waals surface area contributed by atoms with Gasteiger partial charge in [0.15, 0.2) is 0 Å². The quantitative estimate of drug-likeness (QED) is 0.210. The number of aromatic nitrogens is 3. The van der Waals surface area contributed by atoms with Gasteiger partial charge >= 0.3 is 0 Å². The van der Waals surface area contributed by atoms with Crippen molar-refractivity contribution in [1.82, 2.24) is 14.1 Å². The number of hydrogen-bond donors (Lipinski definition) is 0. The van der Waals surface area contributed by atoms with Crippen LogP contribution in [0, 0.1) is 0 Å². The Hall–Kier alpha value is -5.93. The molecule has 0 saturated heterocycles. The summed E-state index contributed by atoms with van der Waals surface area (Å²) in [5.41, 5.74) is 10.3. The second kappa shape index (κ2) is 9.82. The molecule has 7 aromatic carbocycles. The maximum atomic E-state index is 5.20. The molecule has 0 aliphatic rings. The molecule has 206 valence electrons. The van der Waals surface area contributed by atoms with E-state index in [4.69, 9.17) is 4.98 Å². The highest BCUT2D eigenvalue weighted by atomic mass is 15.1. The molecule has 2 aromatic heterocycles. The molecule has 0 aliphatic heterocycles. The lowest BCUT2D eigenvalue weighted by Crippen LogP contribution is -1.98. The van der Waals surface area contributed by atoms with Crippen molar-refractivity contribution in [2.24, 2.45) is 0 Å². The predicted octanol–water partition coefficient (Wildman–Crippen LogP) is 10.6. The Morgan fingerprint density at radius 1 is 0.386 bits per heavy atom. The number of nitrogens with zero attached hydrogens (tertiary/aromatic N) is 3. The van der Waals surface area contributed by atoms with Crippen LogP contribution in [-0.2, 0) is 0 Å². The molecule has 3 nitrogen and oxygen atoms in total. The smallest absolute Gasteiger partial charge is 0.145 e. The SMILES string of the molecule is c1ccc(-c2cccc(-n3c4ccccc4c4c5ccc6nc(-c7ccccc7)n(-c7ccccc7)c6c5ccc43)c2)cc1. The Kier molecular flexibility index (Phi) is 5.50. The minimum absolute atomic E-state index is 0.944. The molecule has 0 N–H and O–H groups in total. The van der Waals surface area contributed by atoms with Crippen LogP contribution in [0.3, 0.4) is 0 Å².